The number of thioether (sulfide) groups is 1. The maximum absolute atomic E-state index is 12.8. The molecule has 0 aliphatic rings. The molecule has 6 nitrogen and oxygen atoms in total. The van der Waals surface area contributed by atoms with Crippen LogP contribution in [-0.4, -0.2) is 19.9 Å². The van der Waals surface area contributed by atoms with Gasteiger partial charge in [-0.2, -0.15) is 13.2 Å². The van der Waals surface area contributed by atoms with Crippen LogP contribution in [0.25, 0.3) is 11.3 Å². The standard InChI is InChI=1S/C17H13F3N4O2S/c1-9-14(10-5-3-2-4-6-10)23-16(24-15(9)26)27-8-12-21-11(17(18,19)20)7-13(25)22-12/h2-7H,8H2,1H3,(H,21,22,25)(H,23,24,26). The van der Waals surface area contributed by atoms with Crippen LogP contribution in [0.3, 0.4) is 0 Å². The Hall–Kier alpha value is -2.88. The predicted molar refractivity (Wildman–Crippen MR) is 94.5 cm³/mol. The number of nitrogens with one attached hydrogen (secondary N) is 2. The smallest absolute Gasteiger partial charge is 0.310 e. The summed E-state index contributed by atoms with van der Waals surface area (Å²) in [6.07, 6.45) is -4.72. The van der Waals surface area contributed by atoms with Gasteiger partial charge in [-0.1, -0.05) is 42.1 Å². The van der Waals surface area contributed by atoms with E-state index in [4.69, 9.17) is 0 Å². The Morgan fingerprint density at radius 3 is 2.44 bits per heavy atom. The highest BCUT2D eigenvalue weighted by Gasteiger charge is 2.33. The lowest BCUT2D eigenvalue weighted by Crippen LogP contribution is -2.18. The first kappa shape index (κ1) is 18.9. The van der Waals surface area contributed by atoms with Crippen LogP contribution >= 0.6 is 11.8 Å². The van der Waals surface area contributed by atoms with E-state index >= 15 is 0 Å². The lowest BCUT2D eigenvalue weighted by molar-refractivity contribution is -0.141. The highest BCUT2D eigenvalue weighted by atomic mass is 32.2. The molecule has 0 aliphatic carbocycles. The molecule has 3 rings (SSSR count). The van der Waals surface area contributed by atoms with Crippen LogP contribution in [0.5, 0.6) is 0 Å². The highest BCUT2D eigenvalue weighted by Crippen LogP contribution is 2.27. The number of rotatable bonds is 4. The zero-order chi connectivity index (χ0) is 19.6. The van der Waals surface area contributed by atoms with E-state index < -0.39 is 17.4 Å². The van der Waals surface area contributed by atoms with Gasteiger partial charge in [-0.05, 0) is 6.92 Å². The fraction of sp³-hybridized carbons (Fsp3) is 0.176. The molecule has 0 spiro atoms. The Morgan fingerprint density at radius 2 is 1.78 bits per heavy atom. The lowest BCUT2D eigenvalue weighted by Gasteiger charge is -2.09. The van der Waals surface area contributed by atoms with E-state index in [2.05, 4.69) is 19.9 Å². The van der Waals surface area contributed by atoms with Crippen LogP contribution in [0.4, 0.5) is 13.2 Å². The van der Waals surface area contributed by atoms with Crippen molar-refractivity contribution < 1.29 is 13.2 Å². The molecule has 0 aliphatic heterocycles. The molecule has 0 unspecified atom stereocenters. The van der Waals surface area contributed by atoms with E-state index in [0.717, 1.165) is 17.3 Å². The molecule has 1 aromatic carbocycles. The summed E-state index contributed by atoms with van der Waals surface area (Å²) in [5.74, 6) is -0.261. The molecule has 0 atom stereocenters. The second-order valence-electron chi connectivity index (χ2n) is 5.57. The van der Waals surface area contributed by atoms with Gasteiger partial charge in [-0.3, -0.25) is 9.59 Å². The third-order valence-electron chi connectivity index (χ3n) is 3.60. The fourth-order valence-electron chi connectivity index (χ4n) is 2.32. The minimum absolute atomic E-state index is 0.0978. The molecule has 0 saturated carbocycles. The van der Waals surface area contributed by atoms with Crippen molar-refractivity contribution in [3.8, 4) is 11.3 Å². The van der Waals surface area contributed by atoms with Gasteiger partial charge in [0.25, 0.3) is 11.1 Å². The average Bonchev–Trinajstić information content (AvgIpc) is 2.62. The van der Waals surface area contributed by atoms with Crippen molar-refractivity contribution in [1.29, 1.82) is 0 Å². The quantitative estimate of drug-likeness (QED) is 0.524. The monoisotopic (exact) mass is 394 g/mol. The molecule has 140 valence electrons. The van der Waals surface area contributed by atoms with E-state index in [1.807, 2.05) is 18.2 Å². The summed E-state index contributed by atoms with van der Waals surface area (Å²) in [6, 6.07) is 9.44. The number of aromatic amines is 2. The maximum Gasteiger partial charge on any atom is 0.433 e. The summed E-state index contributed by atoms with van der Waals surface area (Å²) >= 11 is 0.967. The highest BCUT2D eigenvalue weighted by molar-refractivity contribution is 7.98. The number of alkyl halides is 3. The first-order valence-electron chi connectivity index (χ1n) is 7.70. The summed E-state index contributed by atoms with van der Waals surface area (Å²) in [6.45, 7) is 1.63. The molecule has 0 radical (unpaired) electrons. The van der Waals surface area contributed by atoms with Crippen molar-refractivity contribution in [3.63, 3.8) is 0 Å². The van der Waals surface area contributed by atoms with Crippen LogP contribution in [0.1, 0.15) is 17.1 Å². The SMILES string of the molecule is Cc1c(-c2ccccc2)nc(SCc2nc(C(F)(F)F)cc(=O)[nH]2)[nH]c1=O. The van der Waals surface area contributed by atoms with Gasteiger partial charge in [-0.25, -0.2) is 9.97 Å². The first-order chi connectivity index (χ1) is 12.7. The van der Waals surface area contributed by atoms with Gasteiger partial charge >= 0.3 is 6.18 Å². The molecule has 2 heterocycles. The normalized spacial score (nSPS) is 11.6. The number of halogens is 3. The van der Waals surface area contributed by atoms with Gasteiger partial charge in [0.1, 0.15) is 5.82 Å². The molecular formula is C17H13F3N4O2S. The van der Waals surface area contributed by atoms with Crippen molar-refractivity contribution in [2.75, 3.05) is 0 Å². The third kappa shape index (κ3) is 4.45. The van der Waals surface area contributed by atoms with Gasteiger partial charge in [0, 0.05) is 17.2 Å². The zero-order valence-corrected chi connectivity index (χ0v) is 14.7. The third-order valence-corrected chi connectivity index (χ3v) is 4.49. The first-order valence-corrected chi connectivity index (χ1v) is 8.69. The van der Waals surface area contributed by atoms with Crippen LogP contribution < -0.4 is 11.1 Å². The lowest BCUT2D eigenvalue weighted by atomic mass is 10.1. The van der Waals surface area contributed by atoms with E-state index in [9.17, 15) is 22.8 Å². The van der Waals surface area contributed by atoms with Crippen molar-refractivity contribution in [1.82, 2.24) is 19.9 Å². The van der Waals surface area contributed by atoms with Gasteiger partial charge in [0.15, 0.2) is 10.9 Å². The van der Waals surface area contributed by atoms with Gasteiger partial charge in [-0.15, -0.1) is 0 Å². The Balaban J connectivity index is 1.90. The number of hydrogen-bond acceptors (Lipinski definition) is 5. The molecular weight excluding hydrogens is 381 g/mol. The number of nitrogens with zero attached hydrogens (tertiary/aromatic N) is 2. The number of benzene rings is 1. The molecule has 10 heteroatoms. The number of H-pyrrole nitrogens is 2. The molecule has 0 saturated heterocycles. The molecule has 2 N–H and O–H groups in total. The topological polar surface area (TPSA) is 91.5 Å². The van der Waals surface area contributed by atoms with E-state index in [1.165, 1.54) is 0 Å². The van der Waals surface area contributed by atoms with E-state index in [0.29, 0.717) is 17.3 Å². The van der Waals surface area contributed by atoms with E-state index in [1.54, 1.807) is 19.1 Å². The van der Waals surface area contributed by atoms with E-state index in [-0.39, 0.29) is 22.3 Å². The second kappa shape index (κ2) is 7.39. The predicted octanol–water partition coefficient (Wildman–Crippen LogP) is 3.14. The Kier molecular flexibility index (Phi) is 5.17. The molecule has 2 aromatic heterocycles. The summed E-state index contributed by atoms with van der Waals surface area (Å²) in [5, 5.41) is 0.213. The minimum atomic E-state index is -4.72. The maximum atomic E-state index is 12.8. The summed E-state index contributed by atoms with van der Waals surface area (Å²) in [4.78, 5) is 36.2. The molecule has 27 heavy (non-hydrogen) atoms. The van der Waals surface area contributed by atoms with Crippen LogP contribution in [0.15, 0.2) is 51.1 Å². The average molecular weight is 394 g/mol. The molecule has 0 amide bonds. The van der Waals surface area contributed by atoms with Crippen molar-refractivity contribution in [3.05, 3.63) is 74.2 Å². The van der Waals surface area contributed by atoms with Crippen LogP contribution in [-0.2, 0) is 11.9 Å². The largest absolute Gasteiger partial charge is 0.433 e. The minimum Gasteiger partial charge on any atom is -0.310 e. The van der Waals surface area contributed by atoms with Crippen LogP contribution in [0.2, 0.25) is 0 Å². The zero-order valence-electron chi connectivity index (χ0n) is 13.9. The molecule has 0 fully saturated rings. The van der Waals surface area contributed by atoms with Gasteiger partial charge in [0.2, 0.25) is 0 Å². The van der Waals surface area contributed by atoms with Crippen molar-refractivity contribution in [2.24, 2.45) is 0 Å². The van der Waals surface area contributed by atoms with Crippen LogP contribution in [0, 0.1) is 6.92 Å². The van der Waals surface area contributed by atoms with Gasteiger partial charge < -0.3 is 9.97 Å². The number of aromatic nitrogens is 4. The summed E-state index contributed by atoms with van der Waals surface area (Å²) < 4.78 is 38.3. The molecule has 3 aromatic rings. The van der Waals surface area contributed by atoms with Crippen molar-refractivity contribution >= 4 is 11.8 Å². The Morgan fingerprint density at radius 1 is 1.07 bits per heavy atom. The number of hydrogen-bond donors (Lipinski definition) is 2. The van der Waals surface area contributed by atoms with Gasteiger partial charge in [0.05, 0.1) is 11.4 Å². The Labute approximate surface area is 154 Å². The van der Waals surface area contributed by atoms with Crippen molar-refractivity contribution in [2.45, 2.75) is 24.0 Å². The fourth-order valence-corrected chi connectivity index (χ4v) is 3.05. The Bertz CT molecular complexity index is 1080. The summed E-state index contributed by atoms with van der Waals surface area (Å²) in [7, 11) is 0. The second-order valence-corrected chi connectivity index (χ2v) is 6.54. The molecule has 0 bridgehead atoms. The summed E-state index contributed by atoms with van der Waals surface area (Å²) in [5.41, 5.74) is -0.866.